The number of carbonyl (C=O) groups is 2. The lowest BCUT2D eigenvalue weighted by atomic mass is 10.3. The van der Waals surface area contributed by atoms with Crippen LogP contribution in [-0.2, 0) is 0 Å². The summed E-state index contributed by atoms with van der Waals surface area (Å²) in [6, 6.07) is 3.43. The first-order valence-corrected chi connectivity index (χ1v) is 10.2. The minimum atomic E-state index is -0.161. The molecule has 2 amide bonds. The Bertz CT molecular complexity index is 640. The molecule has 0 atom stereocenters. The molecule has 2 rings (SSSR count). The highest BCUT2D eigenvalue weighted by Crippen LogP contribution is 2.23. The average Bonchev–Trinajstić information content (AvgIpc) is 3.05. The smallest absolute Gasteiger partial charge is 0.267 e. The third-order valence-electron chi connectivity index (χ3n) is 3.11. The topological polar surface area (TPSA) is 89.8 Å². The number of halogens is 4. The zero-order valence-electron chi connectivity index (χ0n) is 12.3. The molecule has 2 heterocycles. The van der Waals surface area contributed by atoms with Gasteiger partial charge in [0.2, 0.25) is 0 Å². The third-order valence-corrected chi connectivity index (χ3v) is 6.68. The molecule has 0 unspecified atom stereocenters. The van der Waals surface area contributed by atoms with Gasteiger partial charge in [-0.3, -0.25) is 9.59 Å². The fraction of sp³-hybridized carbons (Fsp3) is 0.286. The third kappa shape index (κ3) is 5.47. The van der Waals surface area contributed by atoms with Crippen LogP contribution in [0.3, 0.4) is 0 Å². The molecule has 130 valence electrons. The molecule has 0 aliphatic rings. The van der Waals surface area contributed by atoms with Crippen LogP contribution in [0.25, 0.3) is 0 Å². The van der Waals surface area contributed by atoms with Crippen LogP contribution < -0.4 is 10.6 Å². The zero-order valence-corrected chi connectivity index (χ0v) is 18.7. The summed E-state index contributed by atoms with van der Waals surface area (Å²) in [6.45, 7) is 1.09. The van der Waals surface area contributed by atoms with E-state index < -0.39 is 0 Å². The Kier molecular flexibility index (Phi) is 7.58. The second-order valence-electron chi connectivity index (χ2n) is 4.91. The van der Waals surface area contributed by atoms with Crippen molar-refractivity contribution in [2.24, 2.45) is 0 Å². The Balaban J connectivity index is 1.63. The number of amides is 2. The van der Waals surface area contributed by atoms with Crippen molar-refractivity contribution >= 4 is 75.5 Å². The summed E-state index contributed by atoms with van der Waals surface area (Å²) < 4.78 is 3.08. The molecular formula is C14H14Br4N4O2. The van der Waals surface area contributed by atoms with Crippen molar-refractivity contribution in [2.75, 3.05) is 13.1 Å². The molecule has 0 spiro atoms. The predicted molar refractivity (Wildman–Crippen MR) is 106 cm³/mol. The lowest BCUT2D eigenvalue weighted by Gasteiger charge is -2.05. The SMILES string of the molecule is O=C(NCCCCNC(=O)c1cc(Br)c(Br)[nH]1)c1cc(Br)c(Br)[nH]1. The molecule has 10 heteroatoms. The Morgan fingerprint density at radius 3 is 1.46 bits per heavy atom. The van der Waals surface area contributed by atoms with Crippen molar-refractivity contribution in [1.82, 2.24) is 20.6 Å². The number of carbonyl (C=O) groups excluding carboxylic acids is 2. The Morgan fingerprint density at radius 2 is 1.17 bits per heavy atom. The summed E-state index contributed by atoms with van der Waals surface area (Å²) >= 11 is 13.2. The fourth-order valence-electron chi connectivity index (χ4n) is 1.90. The summed E-state index contributed by atoms with van der Waals surface area (Å²) in [4.78, 5) is 29.7. The highest BCUT2D eigenvalue weighted by Gasteiger charge is 2.11. The van der Waals surface area contributed by atoms with Gasteiger partial charge >= 0.3 is 0 Å². The molecule has 2 aromatic rings. The van der Waals surface area contributed by atoms with E-state index in [4.69, 9.17) is 0 Å². The molecular weight excluding hydrogens is 576 g/mol. The van der Waals surface area contributed by atoms with E-state index in [1.807, 2.05) is 0 Å². The molecule has 0 aliphatic carbocycles. The first kappa shape index (κ1) is 19.7. The van der Waals surface area contributed by atoms with Crippen LogP contribution in [0.1, 0.15) is 33.8 Å². The number of hydrogen-bond donors (Lipinski definition) is 4. The van der Waals surface area contributed by atoms with Crippen LogP contribution in [-0.4, -0.2) is 34.9 Å². The van der Waals surface area contributed by atoms with Gasteiger partial charge in [0.15, 0.2) is 0 Å². The summed E-state index contributed by atoms with van der Waals surface area (Å²) in [7, 11) is 0. The van der Waals surface area contributed by atoms with Crippen molar-refractivity contribution < 1.29 is 9.59 Å². The van der Waals surface area contributed by atoms with Crippen LogP contribution in [0.15, 0.2) is 30.3 Å². The van der Waals surface area contributed by atoms with Gasteiger partial charge in [-0.05, 0) is 88.7 Å². The summed E-state index contributed by atoms with van der Waals surface area (Å²) in [5.74, 6) is -0.321. The van der Waals surface area contributed by atoms with Gasteiger partial charge < -0.3 is 20.6 Å². The number of aromatic amines is 2. The lowest BCUT2D eigenvalue weighted by molar-refractivity contribution is 0.0935. The summed E-state index contributed by atoms with van der Waals surface area (Å²) in [5, 5.41) is 5.65. The number of rotatable bonds is 7. The van der Waals surface area contributed by atoms with E-state index in [0.717, 1.165) is 31.0 Å². The van der Waals surface area contributed by atoms with Gasteiger partial charge in [0, 0.05) is 13.1 Å². The van der Waals surface area contributed by atoms with Crippen molar-refractivity contribution in [3.8, 4) is 0 Å². The molecule has 2 aromatic heterocycles. The minimum Gasteiger partial charge on any atom is -0.351 e. The average molecular weight is 590 g/mol. The number of unbranched alkanes of at least 4 members (excludes halogenated alkanes) is 1. The number of H-pyrrole nitrogens is 2. The van der Waals surface area contributed by atoms with E-state index in [-0.39, 0.29) is 11.8 Å². The van der Waals surface area contributed by atoms with Gasteiger partial charge in [0.05, 0.1) is 18.2 Å². The maximum Gasteiger partial charge on any atom is 0.267 e. The molecule has 24 heavy (non-hydrogen) atoms. The van der Waals surface area contributed by atoms with Crippen LogP contribution in [0.4, 0.5) is 0 Å². The molecule has 0 aliphatic heterocycles. The lowest BCUT2D eigenvalue weighted by Crippen LogP contribution is -2.27. The molecule has 0 saturated heterocycles. The van der Waals surface area contributed by atoms with Gasteiger partial charge in [0.25, 0.3) is 11.8 Å². The van der Waals surface area contributed by atoms with Gasteiger partial charge in [-0.1, -0.05) is 0 Å². The predicted octanol–water partition coefficient (Wildman–Crippen LogP) is 4.33. The molecule has 6 nitrogen and oxygen atoms in total. The van der Waals surface area contributed by atoms with Crippen molar-refractivity contribution in [3.63, 3.8) is 0 Å². The summed E-state index contributed by atoms with van der Waals surface area (Å²) in [6.07, 6.45) is 1.54. The number of hydrogen-bond acceptors (Lipinski definition) is 2. The molecule has 4 N–H and O–H groups in total. The van der Waals surface area contributed by atoms with Crippen molar-refractivity contribution in [1.29, 1.82) is 0 Å². The minimum absolute atomic E-state index is 0.161. The maximum absolute atomic E-state index is 11.9. The van der Waals surface area contributed by atoms with E-state index in [1.165, 1.54) is 0 Å². The summed E-state index contributed by atoms with van der Waals surface area (Å²) in [5.41, 5.74) is 0.981. The van der Waals surface area contributed by atoms with Crippen molar-refractivity contribution in [2.45, 2.75) is 12.8 Å². The fourth-order valence-corrected chi connectivity index (χ4v) is 3.21. The van der Waals surface area contributed by atoms with E-state index in [0.29, 0.717) is 24.5 Å². The largest absolute Gasteiger partial charge is 0.351 e. The number of aromatic nitrogens is 2. The Hall–Kier alpha value is -0.580. The van der Waals surface area contributed by atoms with Gasteiger partial charge in [-0.2, -0.15) is 0 Å². The van der Waals surface area contributed by atoms with Gasteiger partial charge in [-0.25, -0.2) is 0 Å². The van der Waals surface area contributed by atoms with Gasteiger partial charge in [0.1, 0.15) is 11.4 Å². The quantitative estimate of drug-likeness (QED) is 0.362. The van der Waals surface area contributed by atoms with E-state index >= 15 is 0 Å². The molecule has 0 radical (unpaired) electrons. The zero-order chi connectivity index (χ0) is 17.7. The van der Waals surface area contributed by atoms with E-state index in [1.54, 1.807) is 12.1 Å². The molecule has 0 bridgehead atoms. The van der Waals surface area contributed by atoms with Crippen LogP contribution in [0.2, 0.25) is 0 Å². The Labute approximate surface area is 172 Å². The highest BCUT2D eigenvalue weighted by atomic mass is 79.9. The van der Waals surface area contributed by atoms with Gasteiger partial charge in [-0.15, -0.1) is 0 Å². The standard InChI is InChI=1S/C14H14Br4N4O2/c15-7-5-9(21-11(7)17)13(23)19-3-1-2-4-20-14(24)10-6-8(16)12(18)22-10/h5-6,21-22H,1-4H2,(H,19,23)(H,20,24). The van der Waals surface area contributed by atoms with Crippen LogP contribution in [0, 0.1) is 0 Å². The molecule has 0 saturated carbocycles. The number of nitrogens with one attached hydrogen (secondary N) is 4. The second kappa shape index (κ2) is 9.21. The maximum atomic E-state index is 11.9. The normalized spacial score (nSPS) is 10.7. The first-order valence-electron chi connectivity index (χ1n) is 7.03. The monoisotopic (exact) mass is 586 g/mol. The van der Waals surface area contributed by atoms with Crippen LogP contribution >= 0.6 is 63.7 Å². The van der Waals surface area contributed by atoms with Crippen LogP contribution in [0.5, 0.6) is 0 Å². The second-order valence-corrected chi connectivity index (χ2v) is 8.20. The van der Waals surface area contributed by atoms with E-state index in [2.05, 4.69) is 84.3 Å². The molecule has 0 fully saturated rings. The molecule has 0 aromatic carbocycles. The highest BCUT2D eigenvalue weighted by molar-refractivity contribution is 9.13. The Morgan fingerprint density at radius 1 is 0.792 bits per heavy atom. The van der Waals surface area contributed by atoms with Crippen molar-refractivity contribution in [3.05, 3.63) is 41.7 Å². The first-order chi connectivity index (χ1) is 11.4. The van der Waals surface area contributed by atoms with E-state index in [9.17, 15) is 9.59 Å².